The molecule has 0 unspecified atom stereocenters. The van der Waals surface area contributed by atoms with Crippen LogP contribution in [0.25, 0.3) is 11.1 Å². The van der Waals surface area contributed by atoms with E-state index < -0.39 is 0 Å². The maximum Gasteiger partial charge on any atom is 0.274 e. The number of amides is 2. The molecule has 0 fully saturated rings. The van der Waals surface area contributed by atoms with Gasteiger partial charge in [0, 0.05) is 56.5 Å². The lowest BCUT2D eigenvalue weighted by Crippen LogP contribution is -2.29. The van der Waals surface area contributed by atoms with Gasteiger partial charge in [0.25, 0.3) is 11.8 Å². The third kappa shape index (κ3) is 9.00. The Morgan fingerprint density at radius 1 is 0.689 bits per heavy atom. The van der Waals surface area contributed by atoms with Crippen LogP contribution in [-0.4, -0.2) is 81.5 Å². The second-order valence-electron chi connectivity index (χ2n) is 10.6. The molecule has 0 spiro atoms. The van der Waals surface area contributed by atoms with Crippen LogP contribution >= 0.6 is 0 Å². The summed E-state index contributed by atoms with van der Waals surface area (Å²) >= 11 is 0. The number of carbonyl (C=O) groups excluding carboxylic acids is 2. The number of hydrogen-bond donors (Lipinski definition) is 6. The Labute approximate surface area is 263 Å². The van der Waals surface area contributed by atoms with Crippen LogP contribution in [0.15, 0.2) is 73.1 Å². The number of carbonyl (C=O) groups is 2. The van der Waals surface area contributed by atoms with Crippen molar-refractivity contribution >= 4 is 23.2 Å². The molecular formula is C34H40N6O5. The average molecular weight is 613 g/mol. The number of nitrogens with one attached hydrogen (secondary N) is 3. The van der Waals surface area contributed by atoms with E-state index in [9.17, 15) is 19.8 Å². The fraction of sp³-hybridized carbons (Fsp3) is 0.294. The van der Waals surface area contributed by atoms with Gasteiger partial charge in [0.2, 0.25) is 0 Å². The molecule has 2 heterocycles. The first-order chi connectivity index (χ1) is 21.8. The van der Waals surface area contributed by atoms with Crippen LogP contribution in [0, 0.1) is 13.8 Å². The van der Waals surface area contributed by atoms with Crippen LogP contribution < -0.4 is 16.0 Å². The van der Waals surface area contributed by atoms with Crippen LogP contribution in [-0.2, 0) is 13.1 Å². The number of aliphatic hydroxyl groups is 3. The molecule has 0 saturated carbocycles. The van der Waals surface area contributed by atoms with Crippen molar-refractivity contribution in [2.24, 2.45) is 0 Å². The minimum Gasteiger partial charge on any atom is -0.395 e. The Balaban J connectivity index is 1.46. The van der Waals surface area contributed by atoms with Crippen molar-refractivity contribution in [1.82, 2.24) is 20.2 Å². The molecule has 6 N–H and O–H groups in total. The molecule has 2 aromatic heterocycles. The van der Waals surface area contributed by atoms with Gasteiger partial charge in [-0.2, -0.15) is 0 Å². The summed E-state index contributed by atoms with van der Waals surface area (Å²) in [5, 5.41) is 36.4. The number of rotatable bonds is 15. The molecule has 11 nitrogen and oxygen atoms in total. The summed E-state index contributed by atoms with van der Waals surface area (Å²) in [5.74, 6) is -0.666. The van der Waals surface area contributed by atoms with E-state index in [-0.39, 0.29) is 37.3 Å². The molecular weight excluding hydrogens is 572 g/mol. The van der Waals surface area contributed by atoms with E-state index in [2.05, 4.69) is 25.9 Å². The van der Waals surface area contributed by atoms with Gasteiger partial charge >= 0.3 is 0 Å². The Bertz CT molecular complexity index is 1570. The number of anilines is 2. The first-order valence-corrected chi connectivity index (χ1v) is 14.8. The molecule has 0 saturated heterocycles. The second kappa shape index (κ2) is 16.5. The zero-order chi connectivity index (χ0) is 32.2. The molecule has 11 heteroatoms. The zero-order valence-corrected chi connectivity index (χ0v) is 25.6. The fourth-order valence-corrected chi connectivity index (χ4v) is 4.94. The monoisotopic (exact) mass is 612 g/mol. The topological polar surface area (TPSA) is 160 Å². The number of hydrogen-bond acceptors (Lipinski definition) is 9. The molecule has 0 radical (unpaired) electrons. The highest BCUT2D eigenvalue weighted by Gasteiger charge is 2.16. The normalized spacial score (nSPS) is 11.1. The predicted molar refractivity (Wildman–Crippen MR) is 174 cm³/mol. The molecule has 0 aliphatic heterocycles. The van der Waals surface area contributed by atoms with Gasteiger partial charge in [0.1, 0.15) is 11.4 Å². The van der Waals surface area contributed by atoms with Gasteiger partial charge < -0.3 is 31.3 Å². The number of benzene rings is 2. The lowest BCUT2D eigenvalue weighted by Gasteiger charge is -2.20. The van der Waals surface area contributed by atoms with Crippen molar-refractivity contribution in [3.63, 3.8) is 0 Å². The van der Waals surface area contributed by atoms with Crippen LogP contribution in [0.5, 0.6) is 0 Å². The SMILES string of the molecule is Cc1c(NC(=O)c2ccc(CNCCO)cn2)cccc1-c1cccc(NC(=O)c2ccc(CN(CCO)CCO)cn2)c1C. The molecule has 0 atom stereocenters. The smallest absolute Gasteiger partial charge is 0.274 e. The van der Waals surface area contributed by atoms with Crippen molar-refractivity contribution in [2.45, 2.75) is 26.9 Å². The summed E-state index contributed by atoms with van der Waals surface area (Å²) in [4.78, 5) is 36.6. The van der Waals surface area contributed by atoms with Gasteiger partial charge in [-0.15, -0.1) is 0 Å². The van der Waals surface area contributed by atoms with E-state index in [0.29, 0.717) is 49.8 Å². The predicted octanol–water partition coefficient (Wildman–Crippen LogP) is 3.13. The fourth-order valence-electron chi connectivity index (χ4n) is 4.94. The lowest BCUT2D eigenvalue weighted by molar-refractivity contribution is 0.101. The Kier molecular flexibility index (Phi) is 12.3. The molecule has 2 aromatic carbocycles. The standard InChI is InChI=1S/C34H40N6O5/c1-23-27(5-3-7-29(23)38-33(44)31-11-9-25(20-36-31)19-35-13-16-41)28-6-4-8-30(24(28)2)39-34(45)32-12-10-26(21-37-32)22-40(14-17-42)15-18-43/h3-12,20-21,35,41-43H,13-19,22H2,1-2H3,(H,38,44)(H,39,45). The Hall–Kier alpha value is -4.52. The summed E-state index contributed by atoms with van der Waals surface area (Å²) in [6, 6.07) is 18.3. The highest BCUT2D eigenvalue weighted by atomic mass is 16.3. The molecule has 45 heavy (non-hydrogen) atoms. The van der Waals surface area contributed by atoms with Crippen molar-refractivity contribution in [3.05, 3.63) is 107 Å². The summed E-state index contributed by atoms with van der Waals surface area (Å²) in [6.07, 6.45) is 3.27. The first-order valence-electron chi connectivity index (χ1n) is 14.8. The van der Waals surface area contributed by atoms with Crippen molar-refractivity contribution < 1.29 is 24.9 Å². The van der Waals surface area contributed by atoms with Gasteiger partial charge in [-0.25, -0.2) is 0 Å². The minimum absolute atomic E-state index is 0.0112. The van der Waals surface area contributed by atoms with Gasteiger partial charge in [0.05, 0.1) is 19.8 Å². The third-order valence-electron chi connectivity index (χ3n) is 7.43. The van der Waals surface area contributed by atoms with Crippen LogP contribution in [0.2, 0.25) is 0 Å². The van der Waals surface area contributed by atoms with Gasteiger partial charge in [-0.05, 0) is 71.5 Å². The summed E-state index contributed by atoms with van der Waals surface area (Å²) in [7, 11) is 0. The highest BCUT2D eigenvalue weighted by Crippen LogP contribution is 2.34. The van der Waals surface area contributed by atoms with E-state index in [4.69, 9.17) is 5.11 Å². The van der Waals surface area contributed by atoms with Crippen LogP contribution in [0.1, 0.15) is 43.2 Å². The maximum absolute atomic E-state index is 13.1. The molecule has 4 rings (SSSR count). The van der Waals surface area contributed by atoms with Gasteiger partial charge in [0.15, 0.2) is 0 Å². The number of nitrogens with zero attached hydrogens (tertiary/aromatic N) is 3. The molecule has 4 aromatic rings. The van der Waals surface area contributed by atoms with Crippen LogP contribution in [0.4, 0.5) is 11.4 Å². The van der Waals surface area contributed by atoms with E-state index in [1.807, 2.05) is 67.3 Å². The van der Waals surface area contributed by atoms with Crippen molar-refractivity contribution in [1.29, 1.82) is 0 Å². The van der Waals surface area contributed by atoms with E-state index in [0.717, 1.165) is 33.4 Å². The van der Waals surface area contributed by atoms with E-state index in [1.165, 1.54) is 0 Å². The quantitative estimate of drug-likeness (QED) is 0.111. The van der Waals surface area contributed by atoms with E-state index >= 15 is 0 Å². The Morgan fingerprint density at radius 3 is 1.64 bits per heavy atom. The molecule has 2 amide bonds. The third-order valence-corrected chi connectivity index (χ3v) is 7.43. The second-order valence-corrected chi connectivity index (χ2v) is 10.6. The highest BCUT2D eigenvalue weighted by molar-refractivity contribution is 6.05. The van der Waals surface area contributed by atoms with Crippen LogP contribution in [0.3, 0.4) is 0 Å². The van der Waals surface area contributed by atoms with E-state index in [1.54, 1.807) is 24.5 Å². The summed E-state index contributed by atoms with van der Waals surface area (Å²) in [6.45, 7) is 6.31. The number of aromatic nitrogens is 2. The lowest BCUT2D eigenvalue weighted by atomic mass is 9.94. The average Bonchev–Trinajstić information content (AvgIpc) is 3.04. The molecule has 0 aliphatic rings. The summed E-state index contributed by atoms with van der Waals surface area (Å²) in [5.41, 5.74) is 7.20. The summed E-state index contributed by atoms with van der Waals surface area (Å²) < 4.78 is 0. The minimum atomic E-state index is -0.343. The maximum atomic E-state index is 13.1. The number of aliphatic hydroxyl groups excluding tert-OH is 3. The molecule has 0 bridgehead atoms. The number of pyridine rings is 2. The molecule has 0 aliphatic carbocycles. The Morgan fingerprint density at radius 2 is 1.20 bits per heavy atom. The van der Waals surface area contributed by atoms with Gasteiger partial charge in [-0.1, -0.05) is 36.4 Å². The zero-order valence-electron chi connectivity index (χ0n) is 25.6. The largest absolute Gasteiger partial charge is 0.395 e. The molecule has 236 valence electrons. The first kappa shape index (κ1) is 33.4. The van der Waals surface area contributed by atoms with Crippen molar-refractivity contribution in [2.75, 3.05) is 50.1 Å². The van der Waals surface area contributed by atoms with Crippen molar-refractivity contribution in [3.8, 4) is 11.1 Å². The van der Waals surface area contributed by atoms with Gasteiger partial charge in [-0.3, -0.25) is 24.5 Å².